The molecule has 2 aromatic carbocycles. The van der Waals surface area contributed by atoms with Gasteiger partial charge in [-0.3, -0.25) is 24.1 Å². The van der Waals surface area contributed by atoms with Crippen LogP contribution in [0.2, 0.25) is 0 Å². The molecule has 11 nitrogen and oxygen atoms in total. The highest BCUT2D eigenvalue weighted by Gasteiger charge is 2.35. The van der Waals surface area contributed by atoms with Crippen molar-refractivity contribution in [3.05, 3.63) is 52.9 Å². The molecule has 0 spiro atoms. The predicted molar refractivity (Wildman–Crippen MR) is 142 cm³/mol. The number of hydrazone groups is 1. The summed E-state index contributed by atoms with van der Waals surface area (Å²) in [5.74, 6) is 0.105. The number of para-hydroxylation sites is 1. The number of hydrogen-bond donors (Lipinski definition) is 1. The molecule has 1 fully saturated rings. The van der Waals surface area contributed by atoms with Gasteiger partial charge < -0.3 is 19.5 Å². The maximum absolute atomic E-state index is 12.9. The number of ether oxygens (including phenoxy) is 3. The van der Waals surface area contributed by atoms with Crippen molar-refractivity contribution < 1.29 is 33.4 Å². The van der Waals surface area contributed by atoms with Crippen molar-refractivity contribution in [2.75, 3.05) is 39.4 Å². The third kappa shape index (κ3) is 5.65. The summed E-state index contributed by atoms with van der Waals surface area (Å²) in [6.07, 6.45) is 1.92. The second-order valence-electron chi connectivity index (χ2n) is 8.14. The van der Waals surface area contributed by atoms with E-state index in [2.05, 4.69) is 10.4 Å². The highest BCUT2D eigenvalue weighted by Crippen LogP contribution is 2.40. The average molecular weight is 539 g/mol. The molecule has 1 N–H and O–H groups in total. The third-order valence-corrected chi connectivity index (χ3v) is 6.68. The van der Waals surface area contributed by atoms with Crippen LogP contribution in [0.4, 0.5) is 10.5 Å². The minimum Gasteiger partial charge on any atom is -0.493 e. The van der Waals surface area contributed by atoms with Gasteiger partial charge in [0.15, 0.2) is 11.5 Å². The summed E-state index contributed by atoms with van der Waals surface area (Å²) in [6.45, 7) is 0.0181. The van der Waals surface area contributed by atoms with E-state index in [9.17, 15) is 19.2 Å². The summed E-state index contributed by atoms with van der Waals surface area (Å²) in [5.41, 5.74) is 1.36. The lowest BCUT2D eigenvalue weighted by molar-refractivity contribution is -0.123. The molecule has 2 heterocycles. The molecule has 2 aliphatic heterocycles. The molecule has 2 aliphatic rings. The van der Waals surface area contributed by atoms with Gasteiger partial charge in [0, 0.05) is 25.9 Å². The number of amides is 4. The van der Waals surface area contributed by atoms with Crippen molar-refractivity contribution in [2.24, 2.45) is 5.10 Å². The quantitative estimate of drug-likeness (QED) is 0.483. The van der Waals surface area contributed by atoms with Gasteiger partial charge in [0.1, 0.15) is 5.71 Å². The Morgan fingerprint density at radius 3 is 2.34 bits per heavy atom. The Balaban J connectivity index is 1.40. The SMILES string of the molecule is COc1cc(/C=C2\SC(=O)N(CCNC(=O)C3=NN(c4ccccc4)C(=O)CC3)C2=O)cc(OC)c1OC. The highest BCUT2D eigenvalue weighted by molar-refractivity contribution is 8.18. The molecular formula is C26H26N4O7S. The standard InChI is InChI=1S/C26H26N4O7S/c1-35-19-13-16(14-20(36-2)23(19)37-3)15-21-25(33)29(26(34)38-21)12-11-27-24(32)18-9-10-22(31)30(28-18)17-7-5-4-6-8-17/h4-8,13-15H,9-12H2,1-3H3,(H,27,32)/b21-15-. The van der Waals surface area contributed by atoms with Gasteiger partial charge in [-0.05, 0) is 47.7 Å². The Morgan fingerprint density at radius 2 is 1.71 bits per heavy atom. The predicted octanol–water partition coefficient (Wildman–Crippen LogP) is 3.05. The fourth-order valence-corrected chi connectivity index (χ4v) is 4.76. The van der Waals surface area contributed by atoms with Crippen molar-refractivity contribution in [1.29, 1.82) is 0 Å². The minimum absolute atomic E-state index is 0.0163. The first kappa shape index (κ1) is 26.7. The Hall–Kier alpha value is -4.32. The largest absolute Gasteiger partial charge is 0.493 e. The fourth-order valence-electron chi connectivity index (χ4n) is 3.90. The summed E-state index contributed by atoms with van der Waals surface area (Å²) >= 11 is 0.804. The van der Waals surface area contributed by atoms with E-state index in [0.29, 0.717) is 28.5 Å². The van der Waals surface area contributed by atoms with Crippen LogP contribution in [0.1, 0.15) is 18.4 Å². The van der Waals surface area contributed by atoms with E-state index in [1.165, 1.54) is 26.3 Å². The lowest BCUT2D eigenvalue weighted by Gasteiger charge is -2.23. The summed E-state index contributed by atoms with van der Waals surface area (Å²) < 4.78 is 16.0. The smallest absolute Gasteiger partial charge is 0.293 e. The van der Waals surface area contributed by atoms with Gasteiger partial charge in [-0.25, -0.2) is 5.01 Å². The topological polar surface area (TPSA) is 127 Å². The first-order chi connectivity index (χ1) is 18.4. The summed E-state index contributed by atoms with van der Waals surface area (Å²) in [4.78, 5) is 51.7. The molecule has 0 aromatic heterocycles. The first-order valence-corrected chi connectivity index (χ1v) is 12.5. The zero-order valence-electron chi connectivity index (χ0n) is 21.1. The van der Waals surface area contributed by atoms with E-state index >= 15 is 0 Å². The average Bonchev–Trinajstić information content (AvgIpc) is 3.20. The van der Waals surface area contributed by atoms with Gasteiger partial charge >= 0.3 is 0 Å². The molecule has 0 saturated carbocycles. The second kappa shape index (κ2) is 11.8. The van der Waals surface area contributed by atoms with Crippen molar-refractivity contribution >= 4 is 52.2 Å². The molecule has 38 heavy (non-hydrogen) atoms. The van der Waals surface area contributed by atoms with Crippen LogP contribution in [0.25, 0.3) is 6.08 Å². The van der Waals surface area contributed by atoms with E-state index in [-0.39, 0.29) is 42.5 Å². The minimum atomic E-state index is -0.473. The van der Waals surface area contributed by atoms with Crippen molar-refractivity contribution in [3.8, 4) is 17.2 Å². The zero-order chi connectivity index (χ0) is 27.2. The Kier molecular flexibility index (Phi) is 8.31. The van der Waals surface area contributed by atoms with Gasteiger partial charge in [-0.15, -0.1) is 0 Å². The number of hydrogen-bond acceptors (Lipinski definition) is 9. The van der Waals surface area contributed by atoms with Crippen LogP contribution in [-0.4, -0.2) is 68.0 Å². The van der Waals surface area contributed by atoms with E-state index in [4.69, 9.17) is 14.2 Å². The number of nitrogens with one attached hydrogen (secondary N) is 1. The molecule has 1 saturated heterocycles. The van der Waals surface area contributed by atoms with Gasteiger partial charge in [0.05, 0.1) is 31.9 Å². The van der Waals surface area contributed by atoms with Crippen LogP contribution in [0, 0.1) is 0 Å². The monoisotopic (exact) mass is 538 g/mol. The summed E-state index contributed by atoms with van der Waals surface area (Å²) in [6, 6.07) is 12.2. The molecule has 0 radical (unpaired) electrons. The van der Waals surface area contributed by atoms with Crippen LogP contribution >= 0.6 is 11.8 Å². The van der Waals surface area contributed by atoms with Crippen LogP contribution in [0.15, 0.2) is 52.5 Å². The number of methoxy groups -OCH3 is 3. The number of carbonyl (C=O) groups excluding carboxylic acids is 4. The molecule has 4 rings (SSSR count). The maximum Gasteiger partial charge on any atom is 0.293 e. The van der Waals surface area contributed by atoms with Gasteiger partial charge in [-0.1, -0.05) is 18.2 Å². The zero-order valence-corrected chi connectivity index (χ0v) is 21.9. The Labute approximate surface area is 223 Å². The summed E-state index contributed by atoms with van der Waals surface area (Å²) in [7, 11) is 4.46. The van der Waals surface area contributed by atoms with Crippen molar-refractivity contribution in [1.82, 2.24) is 10.2 Å². The highest BCUT2D eigenvalue weighted by atomic mass is 32.2. The molecule has 12 heteroatoms. The van der Waals surface area contributed by atoms with Crippen molar-refractivity contribution in [3.63, 3.8) is 0 Å². The fraction of sp³-hybridized carbons (Fsp3) is 0.269. The molecule has 0 unspecified atom stereocenters. The van der Waals surface area contributed by atoms with Crippen molar-refractivity contribution in [2.45, 2.75) is 12.8 Å². The number of carbonyl (C=O) groups is 4. The number of thioether (sulfide) groups is 1. The lowest BCUT2D eigenvalue weighted by Crippen LogP contribution is -2.42. The normalized spacial score (nSPS) is 16.6. The first-order valence-electron chi connectivity index (χ1n) is 11.6. The molecule has 2 aromatic rings. The Morgan fingerprint density at radius 1 is 1.03 bits per heavy atom. The molecular weight excluding hydrogens is 512 g/mol. The Bertz CT molecular complexity index is 1300. The van der Waals surface area contributed by atoms with E-state index in [0.717, 1.165) is 16.7 Å². The second-order valence-corrected chi connectivity index (χ2v) is 9.13. The number of anilines is 1. The lowest BCUT2D eigenvalue weighted by atomic mass is 10.1. The maximum atomic E-state index is 12.9. The number of imide groups is 1. The van der Waals surface area contributed by atoms with Crippen LogP contribution in [0.3, 0.4) is 0 Å². The molecule has 0 aliphatic carbocycles. The molecule has 4 amide bonds. The van der Waals surface area contributed by atoms with E-state index < -0.39 is 17.1 Å². The molecule has 0 atom stereocenters. The van der Waals surface area contributed by atoms with E-state index in [1.807, 2.05) is 6.07 Å². The summed E-state index contributed by atoms with van der Waals surface area (Å²) in [5, 5.41) is 7.66. The van der Waals surface area contributed by atoms with Gasteiger partial charge in [0.2, 0.25) is 11.7 Å². The van der Waals surface area contributed by atoms with Gasteiger partial charge in [-0.2, -0.15) is 5.10 Å². The third-order valence-electron chi connectivity index (χ3n) is 5.77. The molecule has 198 valence electrons. The van der Waals surface area contributed by atoms with Crippen LogP contribution in [-0.2, 0) is 14.4 Å². The van der Waals surface area contributed by atoms with Crippen LogP contribution < -0.4 is 24.5 Å². The number of nitrogens with zero attached hydrogens (tertiary/aromatic N) is 3. The number of benzene rings is 2. The number of rotatable bonds is 9. The van der Waals surface area contributed by atoms with E-state index in [1.54, 1.807) is 42.5 Å². The van der Waals surface area contributed by atoms with Crippen LogP contribution in [0.5, 0.6) is 17.2 Å². The molecule has 0 bridgehead atoms. The van der Waals surface area contributed by atoms with Gasteiger partial charge in [0.25, 0.3) is 17.1 Å².